The van der Waals surface area contributed by atoms with Crippen molar-refractivity contribution in [1.82, 2.24) is 10.0 Å². The van der Waals surface area contributed by atoms with Crippen molar-refractivity contribution in [3.63, 3.8) is 0 Å². The Hall–Kier alpha value is -1.22. The van der Waals surface area contributed by atoms with Gasteiger partial charge >= 0.3 is 0 Å². The lowest BCUT2D eigenvalue weighted by atomic mass is 10.0. The first-order chi connectivity index (χ1) is 10.9. The molecule has 7 nitrogen and oxygen atoms in total. The summed E-state index contributed by atoms with van der Waals surface area (Å²) in [5.74, 6) is 0.847. The maximum Gasteiger partial charge on any atom is 0.248 e. The van der Waals surface area contributed by atoms with E-state index < -0.39 is 10.0 Å². The summed E-state index contributed by atoms with van der Waals surface area (Å²) in [4.78, 5) is -0.00511. The Balaban J connectivity index is 0.00000288. The predicted molar refractivity (Wildman–Crippen MR) is 94.2 cm³/mol. The SMILES string of the molecule is COc1cc(OC)c(S(=O)(=O)NC2CCNC(C)C2)c(OC)c1.Cl. The van der Waals surface area contributed by atoms with Crippen LogP contribution in [0.15, 0.2) is 17.0 Å². The van der Waals surface area contributed by atoms with Gasteiger partial charge in [-0.15, -0.1) is 12.4 Å². The standard InChI is InChI=1S/C15H24N2O5S.ClH/c1-10-7-11(5-6-16-10)17-23(18,19)15-13(21-3)8-12(20-2)9-14(15)22-4;/h8-11,16-17H,5-7H2,1-4H3;1H. The first-order valence-electron chi connectivity index (χ1n) is 7.47. The Morgan fingerprint density at radius 3 is 2.17 bits per heavy atom. The van der Waals surface area contributed by atoms with Gasteiger partial charge in [0.15, 0.2) is 4.90 Å². The molecule has 0 aliphatic carbocycles. The normalized spacial score (nSPS) is 20.8. The largest absolute Gasteiger partial charge is 0.496 e. The van der Waals surface area contributed by atoms with Gasteiger partial charge in [0.25, 0.3) is 0 Å². The molecule has 9 heteroatoms. The van der Waals surface area contributed by atoms with Crippen molar-refractivity contribution in [3.05, 3.63) is 12.1 Å². The summed E-state index contributed by atoms with van der Waals surface area (Å²) in [6, 6.07) is 3.22. The first-order valence-corrected chi connectivity index (χ1v) is 8.95. The zero-order valence-corrected chi connectivity index (χ0v) is 15.9. The van der Waals surface area contributed by atoms with E-state index in [0.29, 0.717) is 5.75 Å². The third-order valence-electron chi connectivity index (χ3n) is 3.88. The monoisotopic (exact) mass is 380 g/mol. The van der Waals surface area contributed by atoms with E-state index in [4.69, 9.17) is 14.2 Å². The quantitative estimate of drug-likeness (QED) is 0.778. The molecule has 0 amide bonds. The number of sulfonamides is 1. The summed E-state index contributed by atoms with van der Waals surface area (Å²) in [6.07, 6.45) is 1.48. The lowest BCUT2D eigenvalue weighted by molar-refractivity contribution is 0.351. The van der Waals surface area contributed by atoms with E-state index in [1.807, 2.05) is 6.92 Å². The highest BCUT2D eigenvalue weighted by molar-refractivity contribution is 7.89. The molecule has 1 aliphatic rings. The van der Waals surface area contributed by atoms with E-state index in [9.17, 15) is 8.42 Å². The summed E-state index contributed by atoms with van der Waals surface area (Å²) < 4.78 is 44.0. The number of nitrogens with one attached hydrogen (secondary N) is 2. The number of halogens is 1. The third kappa shape index (κ3) is 4.66. The maximum absolute atomic E-state index is 12.8. The topological polar surface area (TPSA) is 85.9 Å². The van der Waals surface area contributed by atoms with Crippen LogP contribution in [0.2, 0.25) is 0 Å². The highest BCUT2D eigenvalue weighted by Gasteiger charge is 2.30. The number of rotatable bonds is 6. The molecule has 2 N–H and O–H groups in total. The van der Waals surface area contributed by atoms with Gasteiger partial charge in [0.2, 0.25) is 10.0 Å². The van der Waals surface area contributed by atoms with Gasteiger partial charge in [-0.1, -0.05) is 0 Å². The molecule has 0 aromatic heterocycles. The Bertz CT molecular complexity index is 628. The molecule has 2 unspecified atom stereocenters. The molecule has 138 valence electrons. The van der Waals surface area contributed by atoms with Gasteiger partial charge in [0.05, 0.1) is 21.3 Å². The van der Waals surface area contributed by atoms with Crippen molar-refractivity contribution in [3.8, 4) is 17.2 Å². The fourth-order valence-corrected chi connectivity index (χ4v) is 4.34. The van der Waals surface area contributed by atoms with Crippen molar-refractivity contribution in [2.24, 2.45) is 0 Å². The highest BCUT2D eigenvalue weighted by atomic mass is 35.5. The van der Waals surface area contributed by atoms with Gasteiger partial charge in [-0.05, 0) is 26.3 Å². The third-order valence-corrected chi connectivity index (χ3v) is 5.47. The molecule has 24 heavy (non-hydrogen) atoms. The van der Waals surface area contributed by atoms with E-state index in [-0.39, 0.29) is 40.9 Å². The van der Waals surface area contributed by atoms with Crippen molar-refractivity contribution in [2.75, 3.05) is 27.9 Å². The predicted octanol–water partition coefficient (Wildman–Crippen LogP) is 1.55. The fraction of sp³-hybridized carbons (Fsp3) is 0.600. The second kappa shape index (κ2) is 8.75. The van der Waals surface area contributed by atoms with E-state index in [1.165, 1.54) is 33.5 Å². The molecule has 1 fully saturated rings. The average Bonchev–Trinajstić information content (AvgIpc) is 2.52. The number of piperidine rings is 1. The van der Waals surface area contributed by atoms with Gasteiger partial charge in [-0.3, -0.25) is 0 Å². The molecule has 2 rings (SSSR count). The molecule has 0 saturated carbocycles. The summed E-state index contributed by atoms with van der Waals surface area (Å²) in [5, 5.41) is 3.30. The number of methoxy groups -OCH3 is 3. The molecular weight excluding hydrogens is 356 g/mol. The number of ether oxygens (including phenoxy) is 3. The van der Waals surface area contributed by atoms with Crippen LogP contribution >= 0.6 is 12.4 Å². The second-order valence-corrected chi connectivity index (χ2v) is 7.21. The minimum atomic E-state index is -3.78. The Morgan fingerprint density at radius 2 is 1.71 bits per heavy atom. The van der Waals surface area contributed by atoms with Crippen LogP contribution in [-0.4, -0.2) is 48.4 Å². The second-order valence-electron chi connectivity index (χ2n) is 5.56. The minimum absolute atomic E-state index is 0. The van der Waals surface area contributed by atoms with E-state index >= 15 is 0 Å². The molecule has 0 spiro atoms. The molecule has 1 saturated heterocycles. The fourth-order valence-electron chi connectivity index (χ4n) is 2.76. The lowest BCUT2D eigenvalue weighted by Gasteiger charge is -2.28. The molecule has 1 aliphatic heterocycles. The van der Waals surface area contributed by atoms with Crippen molar-refractivity contribution in [2.45, 2.75) is 36.7 Å². The summed E-state index contributed by atoms with van der Waals surface area (Å²) in [6.45, 7) is 2.82. The Morgan fingerprint density at radius 1 is 1.12 bits per heavy atom. The Kier molecular flexibility index (Phi) is 7.59. The van der Waals surface area contributed by atoms with E-state index in [2.05, 4.69) is 10.0 Å². The highest BCUT2D eigenvalue weighted by Crippen LogP contribution is 2.37. The zero-order chi connectivity index (χ0) is 17.0. The van der Waals surface area contributed by atoms with Crippen LogP contribution in [0.1, 0.15) is 19.8 Å². The first kappa shape index (κ1) is 20.8. The van der Waals surface area contributed by atoms with Gasteiger partial charge in [0, 0.05) is 24.2 Å². The summed E-state index contributed by atoms with van der Waals surface area (Å²) in [5.41, 5.74) is 0. The molecule has 1 heterocycles. The molecule has 1 aromatic carbocycles. The molecular formula is C15H25ClN2O5S. The number of hydrogen-bond donors (Lipinski definition) is 2. The van der Waals surface area contributed by atoms with Crippen LogP contribution in [-0.2, 0) is 10.0 Å². The molecule has 0 bridgehead atoms. The van der Waals surface area contributed by atoms with Crippen molar-refractivity contribution in [1.29, 1.82) is 0 Å². The minimum Gasteiger partial charge on any atom is -0.496 e. The molecule has 1 aromatic rings. The van der Waals surface area contributed by atoms with Crippen LogP contribution in [0.3, 0.4) is 0 Å². The molecule has 2 atom stereocenters. The van der Waals surface area contributed by atoms with Gasteiger partial charge in [0.1, 0.15) is 17.2 Å². The summed E-state index contributed by atoms with van der Waals surface area (Å²) >= 11 is 0. The molecule has 0 radical (unpaired) electrons. The van der Waals surface area contributed by atoms with Gasteiger partial charge in [-0.2, -0.15) is 0 Å². The van der Waals surface area contributed by atoms with Crippen LogP contribution in [0.4, 0.5) is 0 Å². The van der Waals surface area contributed by atoms with Crippen molar-refractivity contribution < 1.29 is 22.6 Å². The Labute approximate surface area is 149 Å². The number of hydrogen-bond acceptors (Lipinski definition) is 6. The van der Waals surface area contributed by atoms with Crippen LogP contribution in [0.5, 0.6) is 17.2 Å². The number of benzene rings is 1. The smallest absolute Gasteiger partial charge is 0.248 e. The van der Waals surface area contributed by atoms with Crippen LogP contribution in [0.25, 0.3) is 0 Å². The van der Waals surface area contributed by atoms with Crippen molar-refractivity contribution >= 4 is 22.4 Å². The van der Waals surface area contributed by atoms with Crippen LogP contribution < -0.4 is 24.2 Å². The average molecular weight is 381 g/mol. The zero-order valence-electron chi connectivity index (χ0n) is 14.3. The maximum atomic E-state index is 12.8. The van der Waals surface area contributed by atoms with Gasteiger partial charge < -0.3 is 19.5 Å². The van der Waals surface area contributed by atoms with Gasteiger partial charge in [-0.25, -0.2) is 13.1 Å². The van der Waals surface area contributed by atoms with E-state index in [1.54, 1.807) is 0 Å². The summed E-state index contributed by atoms with van der Waals surface area (Å²) in [7, 11) is 0.553. The van der Waals surface area contributed by atoms with Crippen LogP contribution in [0, 0.1) is 0 Å². The van der Waals surface area contributed by atoms with E-state index in [0.717, 1.165) is 19.4 Å². The lowest BCUT2D eigenvalue weighted by Crippen LogP contribution is -2.46.